The van der Waals surface area contributed by atoms with Gasteiger partial charge in [0.1, 0.15) is 0 Å². The van der Waals surface area contributed by atoms with E-state index in [9.17, 15) is 9.59 Å². The molecule has 0 saturated carbocycles. The Morgan fingerprint density at radius 3 is 2.62 bits per heavy atom. The van der Waals surface area contributed by atoms with Crippen molar-refractivity contribution in [3.8, 4) is 0 Å². The van der Waals surface area contributed by atoms with Crippen molar-refractivity contribution >= 4 is 12.0 Å². The molecule has 1 aromatic heterocycles. The van der Waals surface area contributed by atoms with Crippen molar-refractivity contribution in [3.05, 3.63) is 66.0 Å². The van der Waals surface area contributed by atoms with Gasteiger partial charge in [0.15, 0.2) is 0 Å². The summed E-state index contributed by atoms with van der Waals surface area (Å²) in [6.45, 7) is 2.43. The maximum atomic E-state index is 12.1. The Morgan fingerprint density at radius 2 is 1.96 bits per heavy atom. The minimum absolute atomic E-state index is 0.0815. The monoisotopic (exact) mass is 327 g/mol. The fourth-order valence-corrected chi connectivity index (χ4v) is 2.22. The molecular formula is C18H21N3O3. The summed E-state index contributed by atoms with van der Waals surface area (Å²) in [7, 11) is 0. The molecule has 0 saturated heterocycles. The number of rotatable bonds is 7. The molecule has 2 aromatic rings. The Bertz CT molecular complexity index is 647. The Kier molecular flexibility index (Phi) is 6.76. The molecule has 0 aliphatic heterocycles. The standard InChI is InChI=1S/C18H21N3O3/c1-2-24-17(22)11-16(15-8-4-3-5-9-15)21-18(23)20-13-14-7-6-10-19-12-14/h3-10,12,16H,2,11,13H2,1H3,(H2,20,21,23). The number of nitrogens with zero attached hydrogens (tertiary/aromatic N) is 1. The Hall–Kier alpha value is -2.89. The van der Waals surface area contributed by atoms with E-state index in [1.165, 1.54) is 0 Å². The van der Waals surface area contributed by atoms with Crippen LogP contribution in [0.3, 0.4) is 0 Å². The van der Waals surface area contributed by atoms with E-state index in [0.29, 0.717) is 13.2 Å². The molecule has 6 heteroatoms. The third-order valence-electron chi connectivity index (χ3n) is 3.36. The highest BCUT2D eigenvalue weighted by molar-refractivity contribution is 5.76. The van der Waals surface area contributed by atoms with Crippen LogP contribution in [-0.2, 0) is 16.1 Å². The number of nitrogens with one attached hydrogen (secondary N) is 2. The molecule has 2 N–H and O–H groups in total. The predicted octanol–water partition coefficient (Wildman–Crippen LogP) is 2.58. The average molecular weight is 327 g/mol. The quantitative estimate of drug-likeness (QED) is 0.766. The molecule has 1 aromatic carbocycles. The summed E-state index contributed by atoms with van der Waals surface area (Å²) in [6.07, 6.45) is 3.44. The number of carbonyl (C=O) groups is 2. The molecule has 0 spiro atoms. The van der Waals surface area contributed by atoms with Gasteiger partial charge in [0.25, 0.3) is 0 Å². The van der Waals surface area contributed by atoms with Crippen LogP contribution in [0, 0.1) is 0 Å². The normalized spacial score (nSPS) is 11.4. The van der Waals surface area contributed by atoms with E-state index in [0.717, 1.165) is 11.1 Å². The van der Waals surface area contributed by atoms with E-state index in [1.54, 1.807) is 19.3 Å². The van der Waals surface area contributed by atoms with Crippen molar-refractivity contribution in [1.82, 2.24) is 15.6 Å². The molecule has 0 radical (unpaired) electrons. The summed E-state index contributed by atoms with van der Waals surface area (Å²) < 4.78 is 4.99. The first-order valence-corrected chi connectivity index (χ1v) is 7.83. The van der Waals surface area contributed by atoms with Gasteiger partial charge in [-0.15, -0.1) is 0 Å². The van der Waals surface area contributed by atoms with Gasteiger partial charge in [0.2, 0.25) is 0 Å². The molecule has 2 rings (SSSR count). The van der Waals surface area contributed by atoms with Crippen LogP contribution in [0.15, 0.2) is 54.9 Å². The maximum Gasteiger partial charge on any atom is 0.315 e. The molecule has 0 aliphatic rings. The second kappa shape index (κ2) is 9.29. The van der Waals surface area contributed by atoms with Gasteiger partial charge < -0.3 is 15.4 Å². The van der Waals surface area contributed by atoms with Gasteiger partial charge in [-0.1, -0.05) is 36.4 Å². The number of hydrogen-bond donors (Lipinski definition) is 2. The third-order valence-corrected chi connectivity index (χ3v) is 3.36. The number of amides is 2. The van der Waals surface area contributed by atoms with E-state index < -0.39 is 6.04 Å². The van der Waals surface area contributed by atoms with E-state index in [-0.39, 0.29) is 18.4 Å². The van der Waals surface area contributed by atoms with Crippen LogP contribution >= 0.6 is 0 Å². The van der Waals surface area contributed by atoms with Crippen molar-refractivity contribution in [3.63, 3.8) is 0 Å². The number of ether oxygens (including phenoxy) is 1. The van der Waals surface area contributed by atoms with Crippen molar-refractivity contribution in [2.75, 3.05) is 6.61 Å². The van der Waals surface area contributed by atoms with Crippen molar-refractivity contribution in [2.45, 2.75) is 25.9 Å². The van der Waals surface area contributed by atoms with Crippen molar-refractivity contribution in [2.24, 2.45) is 0 Å². The molecule has 0 aliphatic carbocycles. The van der Waals surface area contributed by atoms with Crippen LogP contribution < -0.4 is 10.6 Å². The lowest BCUT2D eigenvalue weighted by molar-refractivity contribution is -0.143. The Balaban J connectivity index is 1.96. The van der Waals surface area contributed by atoms with Crippen LogP contribution in [-0.4, -0.2) is 23.6 Å². The molecule has 1 unspecified atom stereocenters. The fraction of sp³-hybridized carbons (Fsp3) is 0.278. The number of urea groups is 1. The zero-order chi connectivity index (χ0) is 17.2. The first-order chi connectivity index (χ1) is 11.7. The van der Waals surface area contributed by atoms with E-state index in [4.69, 9.17) is 4.74 Å². The molecule has 0 fully saturated rings. The maximum absolute atomic E-state index is 12.1. The number of pyridine rings is 1. The van der Waals surface area contributed by atoms with Crippen molar-refractivity contribution in [1.29, 1.82) is 0 Å². The van der Waals surface area contributed by atoms with Crippen molar-refractivity contribution < 1.29 is 14.3 Å². The number of carbonyl (C=O) groups excluding carboxylic acids is 2. The largest absolute Gasteiger partial charge is 0.466 e. The van der Waals surface area contributed by atoms with Gasteiger partial charge in [-0.05, 0) is 24.1 Å². The summed E-state index contributed by atoms with van der Waals surface area (Å²) in [5, 5.41) is 5.58. The SMILES string of the molecule is CCOC(=O)CC(NC(=O)NCc1cccnc1)c1ccccc1. The number of esters is 1. The summed E-state index contributed by atoms with van der Waals surface area (Å²) in [4.78, 5) is 27.9. The second-order valence-electron chi connectivity index (χ2n) is 5.16. The molecule has 0 bridgehead atoms. The zero-order valence-corrected chi connectivity index (χ0v) is 13.6. The predicted molar refractivity (Wildman–Crippen MR) is 90.0 cm³/mol. The minimum Gasteiger partial charge on any atom is -0.466 e. The molecule has 6 nitrogen and oxygen atoms in total. The molecule has 1 atom stereocenters. The van der Waals surface area contributed by atoms with E-state index in [1.807, 2.05) is 42.5 Å². The minimum atomic E-state index is -0.445. The lowest BCUT2D eigenvalue weighted by atomic mass is 10.0. The summed E-state index contributed by atoms with van der Waals surface area (Å²) >= 11 is 0. The van der Waals surface area contributed by atoms with Crippen LogP contribution in [0.1, 0.15) is 30.5 Å². The Morgan fingerprint density at radius 1 is 1.17 bits per heavy atom. The molecule has 2 amide bonds. The lowest BCUT2D eigenvalue weighted by Gasteiger charge is -2.19. The van der Waals surface area contributed by atoms with Gasteiger partial charge in [0, 0.05) is 18.9 Å². The lowest BCUT2D eigenvalue weighted by Crippen LogP contribution is -2.38. The fourth-order valence-electron chi connectivity index (χ4n) is 2.22. The zero-order valence-electron chi connectivity index (χ0n) is 13.6. The number of aromatic nitrogens is 1. The van der Waals surface area contributed by atoms with Crippen LogP contribution in [0.4, 0.5) is 4.79 Å². The smallest absolute Gasteiger partial charge is 0.315 e. The van der Waals surface area contributed by atoms with Crippen LogP contribution in [0.2, 0.25) is 0 Å². The average Bonchev–Trinajstić information content (AvgIpc) is 2.61. The summed E-state index contributed by atoms with van der Waals surface area (Å²) in [5.74, 6) is -0.348. The van der Waals surface area contributed by atoms with E-state index >= 15 is 0 Å². The molecular weight excluding hydrogens is 306 g/mol. The third kappa shape index (κ3) is 5.72. The highest BCUT2D eigenvalue weighted by Gasteiger charge is 2.19. The summed E-state index contributed by atoms with van der Waals surface area (Å²) in [5.41, 5.74) is 1.75. The molecule has 1 heterocycles. The molecule has 126 valence electrons. The first kappa shape index (κ1) is 17.5. The molecule has 24 heavy (non-hydrogen) atoms. The summed E-state index contributed by atoms with van der Waals surface area (Å²) in [6, 6.07) is 12.2. The van der Waals surface area contributed by atoms with Gasteiger partial charge in [-0.3, -0.25) is 9.78 Å². The highest BCUT2D eigenvalue weighted by Crippen LogP contribution is 2.17. The second-order valence-corrected chi connectivity index (χ2v) is 5.16. The van der Waals surface area contributed by atoms with Gasteiger partial charge >= 0.3 is 12.0 Å². The highest BCUT2D eigenvalue weighted by atomic mass is 16.5. The van der Waals surface area contributed by atoms with E-state index in [2.05, 4.69) is 15.6 Å². The number of hydrogen-bond acceptors (Lipinski definition) is 4. The van der Waals surface area contributed by atoms with Gasteiger partial charge in [0.05, 0.1) is 19.1 Å². The first-order valence-electron chi connectivity index (χ1n) is 7.83. The van der Waals surface area contributed by atoms with Gasteiger partial charge in [-0.2, -0.15) is 0 Å². The van der Waals surface area contributed by atoms with Crippen LogP contribution in [0.25, 0.3) is 0 Å². The van der Waals surface area contributed by atoms with Gasteiger partial charge in [-0.25, -0.2) is 4.79 Å². The number of benzene rings is 1. The topological polar surface area (TPSA) is 80.3 Å². The van der Waals surface area contributed by atoms with Crippen LogP contribution in [0.5, 0.6) is 0 Å². The Labute approximate surface area is 141 Å².